The van der Waals surface area contributed by atoms with Gasteiger partial charge in [-0.1, -0.05) is 19.8 Å². The maximum absolute atomic E-state index is 12.9. The van der Waals surface area contributed by atoms with E-state index in [0.29, 0.717) is 6.54 Å². The number of carbonyl (C=O) groups excluding carboxylic acids is 2. The van der Waals surface area contributed by atoms with Crippen LogP contribution < -0.4 is 0 Å². The van der Waals surface area contributed by atoms with Crippen molar-refractivity contribution in [3.05, 3.63) is 0 Å². The third-order valence-corrected chi connectivity index (χ3v) is 4.93. The minimum atomic E-state index is -0.352. The molecule has 1 aliphatic heterocycles. The van der Waals surface area contributed by atoms with Crippen LogP contribution in [-0.2, 0) is 14.3 Å². The zero-order valence-corrected chi connectivity index (χ0v) is 12.1. The highest BCUT2D eigenvalue weighted by Crippen LogP contribution is 2.43. The molecule has 2 rings (SSSR count). The molecule has 0 aromatic rings. The Hall–Kier alpha value is -1.06. The van der Waals surface area contributed by atoms with Gasteiger partial charge in [-0.15, -0.1) is 0 Å². The second-order valence-electron chi connectivity index (χ2n) is 5.87. The fourth-order valence-electron chi connectivity index (χ4n) is 3.63. The summed E-state index contributed by atoms with van der Waals surface area (Å²) in [4.78, 5) is 26.6. The molecule has 0 unspecified atom stereocenters. The molecular weight excluding hydrogens is 242 g/mol. The number of amides is 1. The fourth-order valence-corrected chi connectivity index (χ4v) is 3.63. The number of piperidine rings is 1. The number of nitrogens with zero attached hydrogens (tertiary/aromatic N) is 1. The van der Waals surface area contributed by atoms with Crippen molar-refractivity contribution in [2.24, 2.45) is 5.41 Å². The van der Waals surface area contributed by atoms with Crippen LogP contribution in [0.2, 0.25) is 0 Å². The van der Waals surface area contributed by atoms with Gasteiger partial charge in [0.25, 0.3) is 0 Å². The van der Waals surface area contributed by atoms with Crippen LogP contribution >= 0.6 is 0 Å². The average molecular weight is 267 g/mol. The van der Waals surface area contributed by atoms with E-state index >= 15 is 0 Å². The first-order chi connectivity index (χ1) is 9.14. The van der Waals surface area contributed by atoms with Gasteiger partial charge in [0.15, 0.2) is 0 Å². The molecule has 1 saturated heterocycles. The largest absolute Gasteiger partial charge is 0.467 e. The summed E-state index contributed by atoms with van der Waals surface area (Å²) in [6, 6.07) is -0.352. The van der Waals surface area contributed by atoms with E-state index in [2.05, 4.69) is 6.92 Å². The minimum absolute atomic E-state index is 0.197. The molecule has 0 bridgehead atoms. The molecule has 1 amide bonds. The highest BCUT2D eigenvalue weighted by molar-refractivity contribution is 5.88. The lowest BCUT2D eigenvalue weighted by Gasteiger charge is -2.39. The van der Waals surface area contributed by atoms with Gasteiger partial charge < -0.3 is 9.64 Å². The van der Waals surface area contributed by atoms with Gasteiger partial charge in [0, 0.05) is 12.0 Å². The molecule has 0 aromatic carbocycles. The van der Waals surface area contributed by atoms with E-state index in [1.165, 1.54) is 7.11 Å². The molecule has 1 heterocycles. The first-order valence-corrected chi connectivity index (χ1v) is 7.53. The molecule has 4 nitrogen and oxygen atoms in total. The number of carbonyl (C=O) groups is 2. The van der Waals surface area contributed by atoms with Gasteiger partial charge >= 0.3 is 5.97 Å². The normalized spacial score (nSPS) is 26.2. The summed E-state index contributed by atoms with van der Waals surface area (Å²) >= 11 is 0. The Morgan fingerprint density at radius 1 is 1.21 bits per heavy atom. The zero-order chi connectivity index (χ0) is 13.9. The van der Waals surface area contributed by atoms with Crippen LogP contribution in [0.4, 0.5) is 0 Å². The molecule has 1 saturated carbocycles. The molecule has 108 valence electrons. The van der Waals surface area contributed by atoms with Crippen LogP contribution in [0.25, 0.3) is 0 Å². The Balaban J connectivity index is 2.17. The first-order valence-electron chi connectivity index (χ1n) is 7.53. The van der Waals surface area contributed by atoms with E-state index in [1.54, 1.807) is 0 Å². The standard InChI is InChI=1S/C15H25NO3/c1-3-15(9-5-6-10-15)14(18)16-11-7-4-8-12(16)13(17)19-2/h12H,3-11H2,1-2H3/t12-/m1/s1. The first kappa shape index (κ1) is 14.4. The summed E-state index contributed by atoms with van der Waals surface area (Å²) in [5, 5.41) is 0. The Morgan fingerprint density at radius 2 is 1.89 bits per heavy atom. The Bertz CT molecular complexity index is 347. The van der Waals surface area contributed by atoms with Gasteiger partial charge in [0.2, 0.25) is 5.91 Å². The van der Waals surface area contributed by atoms with E-state index < -0.39 is 0 Å². The number of rotatable bonds is 3. The van der Waals surface area contributed by atoms with Crippen molar-refractivity contribution in [2.45, 2.75) is 64.3 Å². The zero-order valence-electron chi connectivity index (χ0n) is 12.1. The predicted molar refractivity (Wildman–Crippen MR) is 72.6 cm³/mol. The molecular formula is C15H25NO3. The van der Waals surface area contributed by atoms with Gasteiger partial charge in [-0.2, -0.15) is 0 Å². The van der Waals surface area contributed by atoms with Gasteiger partial charge in [0.05, 0.1) is 7.11 Å². The summed E-state index contributed by atoms with van der Waals surface area (Å²) in [5.41, 5.74) is -0.205. The van der Waals surface area contributed by atoms with E-state index in [0.717, 1.165) is 51.4 Å². The Labute approximate surface area is 115 Å². The lowest BCUT2D eigenvalue weighted by molar-refractivity contribution is -0.159. The summed E-state index contributed by atoms with van der Waals surface area (Å²) < 4.78 is 4.87. The van der Waals surface area contributed by atoms with Crippen molar-refractivity contribution in [3.8, 4) is 0 Å². The van der Waals surface area contributed by atoms with Gasteiger partial charge in [-0.3, -0.25) is 4.79 Å². The van der Waals surface area contributed by atoms with E-state index in [4.69, 9.17) is 4.74 Å². The predicted octanol–water partition coefficient (Wildman–Crippen LogP) is 2.51. The maximum Gasteiger partial charge on any atom is 0.328 e. The Morgan fingerprint density at radius 3 is 2.47 bits per heavy atom. The maximum atomic E-state index is 12.9. The highest BCUT2D eigenvalue weighted by atomic mass is 16.5. The molecule has 0 radical (unpaired) electrons. The number of methoxy groups -OCH3 is 1. The van der Waals surface area contributed by atoms with Crippen LogP contribution in [0.15, 0.2) is 0 Å². The summed E-state index contributed by atoms with van der Waals surface area (Å²) in [5.74, 6) is -0.0556. The quantitative estimate of drug-likeness (QED) is 0.738. The van der Waals surface area contributed by atoms with E-state index in [-0.39, 0.29) is 23.3 Å². The molecule has 2 fully saturated rings. The number of likely N-dealkylation sites (tertiary alicyclic amines) is 1. The lowest BCUT2D eigenvalue weighted by Crippen LogP contribution is -2.53. The van der Waals surface area contributed by atoms with Gasteiger partial charge in [-0.25, -0.2) is 4.79 Å². The number of esters is 1. The van der Waals surface area contributed by atoms with Crippen LogP contribution in [-0.4, -0.2) is 36.5 Å². The lowest BCUT2D eigenvalue weighted by atomic mass is 9.81. The van der Waals surface area contributed by atoms with Crippen molar-refractivity contribution in [1.29, 1.82) is 0 Å². The monoisotopic (exact) mass is 267 g/mol. The van der Waals surface area contributed by atoms with Crippen molar-refractivity contribution in [2.75, 3.05) is 13.7 Å². The number of hydrogen-bond donors (Lipinski definition) is 0. The smallest absolute Gasteiger partial charge is 0.328 e. The average Bonchev–Trinajstić information content (AvgIpc) is 2.95. The summed E-state index contributed by atoms with van der Waals surface area (Å²) in [6.45, 7) is 2.81. The topological polar surface area (TPSA) is 46.6 Å². The molecule has 1 atom stereocenters. The molecule has 4 heteroatoms. The van der Waals surface area contributed by atoms with Crippen LogP contribution in [0, 0.1) is 5.41 Å². The van der Waals surface area contributed by atoms with Crippen LogP contribution in [0.5, 0.6) is 0 Å². The van der Waals surface area contributed by atoms with Crippen LogP contribution in [0.1, 0.15) is 58.3 Å². The SMILES string of the molecule is CCC1(C(=O)N2CCCC[C@@H]2C(=O)OC)CCCC1. The van der Waals surface area contributed by atoms with Crippen molar-refractivity contribution in [1.82, 2.24) is 4.90 Å². The molecule has 1 aliphatic carbocycles. The van der Waals surface area contributed by atoms with E-state index in [1.807, 2.05) is 4.90 Å². The molecule has 19 heavy (non-hydrogen) atoms. The third-order valence-electron chi connectivity index (χ3n) is 4.93. The second kappa shape index (κ2) is 5.93. The summed E-state index contributed by atoms with van der Waals surface area (Å²) in [7, 11) is 1.41. The Kier molecular flexibility index (Phi) is 4.48. The van der Waals surface area contributed by atoms with Crippen LogP contribution in [0.3, 0.4) is 0 Å². The third kappa shape index (κ3) is 2.63. The van der Waals surface area contributed by atoms with Crippen molar-refractivity contribution >= 4 is 11.9 Å². The summed E-state index contributed by atoms with van der Waals surface area (Å²) in [6.07, 6.45) is 7.86. The number of ether oxygens (including phenoxy) is 1. The second-order valence-corrected chi connectivity index (χ2v) is 5.87. The molecule has 2 aliphatic rings. The van der Waals surface area contributed by atoms with Gasteiger partial charge in [-0.05, 0) is 38.5 Å². The fraction of sp³-hybridized carbons (Fsp3) is 0.867. The van der Waals surface area contributed by atoms with Gasteiger partial charge in [0.1, 0.15) is 6.04 Å². The van der Waals surface area contributed by atoms with E-state index in [9.17, 15) is 9.59 Å². The molecule has 0 N–H and O–H groups in total. The van der Waals surface area contributed by atoms with Crippen molar-refractivity contribution < 1.29 is 14.3 Å². The molecule has 0 spiro atoms. The molecule has 0 aromatic heterocycles. The minimum Gasteiger partial charge on any atom is -0.467 e. The van der Waals surface area contributed by atoms with Crippen molar-refractivity contribution in [3.63, 3.8) is 0 Å². The number of hydrogen-bond acceptors (Lipinski definition) is 3. The highest BCUT2D eigenvalue weighted by Gasteiger charge is 2.45.